The first-order valence-corrected chi connectivity index (χ1v) is 4.96. The second-order valence-corrected chi connectivity index (χ2v) is 3.44. The molecule has 0 aliphatic carbocycles. The molecule has 0 saturated heterocycles. The average Bonchev–Trinajstić information content (AvgIpc) is 2.17. The molecule has 0 amide bonds. The molecule has 0 aromatic heterocycles. The van der Waals surface area contributed by atoms with Crippen LogP contribution in [0.1, 0.15) is 11.1 Å². The monoisotopic (exact) mass is 237 g/mol. The van der Waals surface area contributed by atoms with Crippen LogP contribution in [0.25, 0.3) is 0 Å². The molecule has 5 heteroatoms. The van der Waals surface area contributed by atoms with Gasteiger partial charge in [0.2, 0.25) is 0 Å². The van der Waals surface area contributed by atoms with Crippen molar-refractivity contribution < 1.29 is 13.2 Å². The summed E-state index contributed by atoms with van der Waals surface area (Å²) in [4.78, 5) is 0. The summed E-state index contributed by atoms with van der Waals surface area (Å²) in [6, 6.07) is 7.14. The van der Waals surface area contributed by atoms with Gasteiger partial charge in [0, 0.05) is 12.4 Å². The Morgan fingerprint density at radius 2 is 1.60 bits per heavy atom. The van der Waals surface area contributed by atoms with Crippen LogP contribution < -0.4 is 5.32 Å². The lowest BCUT2D eigenvalue weighted by molar-refractivity contribution is -0.125. The number of nitrogens with one attached hydrogen (secondary N) is 1. The van der Waals surface area contributed by atoms with Gasteiger partial charge in [-0.1, -0.05) is 24.3 Å². The van der Waals surface area contributed by atoms with E-state index in [0.29, 0.717) is 5.88 Å². The Hall–Kier alpha value is -0.740. The molecule has 0 aliphatic rings. The molecule has 1 rings (SSSR count). The summed E-state index contributed by atoms with van der Waals surface area (Å²) in [7, 11) is 0. The maximum Gasteiger partial charge on any atom is 0.401 e. The molecule has 0 aliphatic heterocycles. The van der Waals surface area contributed by atoms with Crippen molar-refractivity contribution in [3.8, 4) is 0 Å². The lowest BCUT2D eigenvalue weighted by Crippen LogP contribution is -2.28. The molecule has 1 aromatic rings. The maximum absolute atomic E-state index is 11.8. The molecule has 0 bridgehead atoms. The zero-order valence-corrected chi connectivity index (χ0v) is 8.70. The Labute approximate surface area is 91.2 Å². The van der Waals surface area contributed by atoms with Crippen molar-refractivity contribution >= 4 is 11.6 Å². The van der Waals surface area contributed by atoms with E-state index in [0.717, 1.165) is 11.1 Å². The molecule has 1 nitrogen and oxygen atoms in total. The van der Waals surface area contributed by atoms with E-state index in [1.54, 1.807) is 24.3 Å². The topological polar surface area (TPSA) is 12.0 Å². The van der Waals surface area contributed by atoms with Gasteiger partial charge in [0.05, 0.1) is 6.54 Å². The van der Waals surface area contributed by atoms with Gasteiger partial charge in [-0.25, -0.2) is 0 Å². The van der Waals surface area contributed by atoms with Gasteiger partial charge in [-0.05, 0) is 11.1 Å². The minimum Gasteiger partial charge on any atom is -0.305 e. The van der Waals surface area contributed by atoms with Crippen molar-refractivity contribution in [2.75, 3.05) is 6.54 Å². The van der Waals surface area contributed by atoms with Gasteiger partial charge in [0.1, 0.15) is 0 Å². The molecule has 1 aromatic carbocycles. The van der Waals surface area contributed by atoms with Crippen molar-refractivity contribution in [3.63, 3.8) is 0 Å². The van der Waals surface area contributed by atoms with Crippen LogP contribution >= 0.6 is 11.6 Å². The third-order valence-corrected chi connectivity index (χ3v) is 2.14. The first kappa shape index (κ1) is 12.3. The van der Waals surface area contributed by atoms with Gasteiger partial charge >= 0.3 is 6.18 Å². The Bertz CT molecular complexity index is 295. The molecule has 0 atom stereocenters. The van der Waals surface area contributed by atoms with Crippen LogP contribution in [0.2, 0.25) is 0 Å². The molecule has 15 heavy (non-hydrogen) atoms. The van der Waals surface area contributed by atoms with Crippen molar-refractivity contribution in [1.29, 1.82) is 0 Å². The molecule has 0 spiro atoms. The van der Waals surface area contributed by atoms with Crippen LogP contribution in [-0.4, -0.2) is 12.7 Å². The Kier molecular flexibility index (Phi) is 4.42. The van der Waals surface area contributed by atoms with E-state index >= 15 is 0 Å². The summed E-state index contributed by atoms with van der Waals surface area (Å²) in [5, 5.41) is 2.32. The predicted molar refractivity (Wildman–Crippen MR) is 53.8 cm³/mol. The number of alkyl halides is 4. The first-order chi connectivity index (χ1) is 7.01. The van der Waals surface area contributed by atoms with Crippen LogP contribution in [-0.2, 0) is 12.4 Å². The second kappa shape index (κ2) is 5.37. The summed E-state index contributed by atoms with van der Waals surface area (Å²) >= 11 is 5.58. The fourth-order valence-corrected chi connectivity index (χ4v) is 1.27. The second-order valence-electron chi connectivity index (χ2n) is 3.17. The van der Waals surface area contributed by atoms with Gasteiger partial charge in [-0.3, -0.25) is 0 Å². The van der Waals surface area contributed by atoms with Gasteiger partial charge in [-0.15, -0.1) is 11.6 Å². The Balaban J connectivity index is 2.38. The molecule has 0 saturated carbocycles. The highest BCUT2D eigenvalue weighted by Crippen LogP contribution is 2.13. The molecular formula is C10H11ClF3N. The van der Waals surface area contributed by atoms with Gasteiger partial charge in [-0.2, -0.15) is 13.2 Å². The highest BCUT2D eigenvalue weighted by atomic mass is 35.5. The summed E-state index contributed by atoms with van der Waals surface area (Å²) < 4.78 is 35.4. The number of hydrogen-bond acceptors (Lipinski definition) is 1. The summed E-state index contributed by atoms with van der Waals surface area (Å²) in [5.74, 6) is 0.413. The highest BCUT2D eigenvalue weighted by molar-refractivity contribution is 6.17. The molecule has 0 unspecified atom stereocenters. The van der Waals surface area contributed by atoms with E-state index < -0.39 is 12.7 Å². The molecule has 84 valence electrons. The van der Waals surface area contributed by atoms with Crippen LogP contribution in [0.4, 0.5) is 13.2 Å². The first-order valence-electron chi connectivity index (χ1n) is 4.42. The van der Waals surface area contributed by atoms with Crippen LogP contribution in [0, 0.1) is 0 Å². The van der Waals surface area contributed by atoms with E-state index in [9.17, 15) is 13.2 Å². The Morgan fingerprint density at radius 1 is 1.07 bits per heavy atom. The maximum atomic E-state index is 11.8. The van der Waals surface area contributed by atoms with Crippen molar-refractivity contribution in [1.82, 2.24) is 5.32 Å². The zero-order valence-electron chi connectivity index (χ0n) is 7.94. The summed E-state index contributed by atoms with van der Waals surface area (Å²) in [6.45, 7) is -0.758. The minimum absolute atomic E-state index is 0.210. The lowest BCUT2D eigenvalue weighted by Gasteiger charge is -2.08. The predicted octanol–water partition coefficient (Wildman–Crippen LogP) is 3.08. The number of benzene rings is 1. The van der Waals surface area contributed by atoms with Gasteiger partial charge < -0.3 is 5.32 Å². The van der Waals surface area contributed by atoms with E-state index in [1.807, 2.05) is 0 Å². The van der Waals surface area contributed by atoms with Crippen LogP contribution in [0.3, 0.4) is 0 Å². The fourth-order valence-electron chi connectivity index (χ4n) is 1.09. The zero-order chi connectivity index (χ0) is 11.3. The number of rotatable bonds is 4. The average molecular weight is 238 g/mol. The summed E-state index contributed by atoms with van der Waals surface area (Å²) in [5.41, 5.74) is 1.77. The highest BCUT2D eigenvalue weighted by Gasteiger charge is 2.25. The molecule has 0 radical (unpaired) electrons. The van der Waals surface area contributed by atoms with Gasteiger partial charge in [0.25, 0.3) is 0 Å². The number of halogens is 4. The lowest BCUT2D eigenvalue weighted by atomic mass is 10.1. The molecule has 0 fully saturated rings. The smallest absolute Gasteiger partial charge is 0.305 e. The Morgan fingerprint density at radius 3 is 2.07 bits per heavy atom. The van der Waals surface area contributed by atoms with E-state index in [-0.39, 0.29) is 6.54 Å². The van der Waals surface area contributed by atoms with Gasteiger partial charge in [0.15, 0.2) is 0 Å². The minimum atomic E-state index is -4.16. The number of hydrogen-bond donors (Lipinski definition) is 1. The third kappa shape index (κ3) is 5.04. The normalized spacial score (nSPS) is 11.7. The quantitative estimate of drug-likeness (QED) is 0.794. The van der Waals surface area contributed by atoms with E-state index in [4.69, 9.17) is 11.6 Å². The fraction of sp³-hybridized carbons (Fsp3) is 0.400. The van der Waals surface area contributed by atoms with E-state index in [2.05, 4.69) is 5.32 Å². The van der Waals surface area contributed by atoms with Crippen molar-refractivity contribution in [2.24, 2.45) is 0 Å². The SMILES string of the molecule is FC(F)(F)CNCc1ccc(CCl)cc1. The van der Waals surface area contributed by atoms with Crippen LogP contribution in [0.15, 0.2) is 24.3 Å². The third-order valence-electron chi connectivity index (χ3n) is 1.83. The van der Waals surface area contributed by atoms with Crippen molar-refractivity contribution in [3.05, 3.63) is 35.4 Å². The molecule has 1 N–H and O–H groups in total. The molecule has 0 heterocycles. The largest absolute Gasteiger partial charge is 0.401 e. The molecular weight excluding hydrogens is 227 g/mol. The van der Waals surface area contributed by atoms with Crippen LogP contribution in [0.5, 0.6) is 0 Å². The van der Waals surface area contributed by atoms with Crippen molar-refractivity contribution in [2.45, 2.75) is 18.6 Å². The summed E-state index contributed by atoms with van der Waals surface area (Å²) in [6.07, 6.45) is -4.16. The van der Waals surface area contributed by atoms with E-state index in [1.165, 1.54) is 0 Å². The standard InChI is InChI=1S/C10H11ClF3N/c11-5-8-1-3-9(4-2-8)6-15-7-10(12,13)14/h1-4,15H,5-7H2.